The molecule has 0 aliphatic carbocycles. The summed E-state index contributed by atoms with van der Waals surface area (Å²) in [5.74, 6) is -0.962. The molecule has 1 rings (SSSR count). The first kappa shape index (κ1) is 17.7. The zero-order valence-corrected chi connectivity index (χ0v) is 13.2. The zero-order chi connectivity index (χ0) is 16.4. The van der Waals surface area contributed by atoms with Crippen LogP contribution in [0.2, 0.25) is 0 Å². The predicted molar refractivity (Wildman–Crippen MR) is 82.3 cm³/mol. The van der Waals surface area contributed by atoms with Crippen LogP contribution in [0.5, 0.6) is 5.75 Å². The Kier molecular flexibility index (Phi) is 7.69. The van der Waals surface area contributed by atoms with E-state index in [1.807, 2.05) is 5.32 Å². The van der Waals surface area contributed by atoms with Gasteiger partial charge >= 0.3 is 12.0 Å². The van der Waals surface area contributed by atoms with Crippen molar-refractivity contribution < 1.29 is 23.9 Å². The molecule has 0 unspecified atom stereocenters. The first-order chi connectivity index (χ1) is 10.5. The standard InChI is InChI=1S/C14H15BrN2O5/c1-2-7-16-14(20)17-12(18)8-22-13(19)9-21-11-5-3-10(15)4-6-11/h2-6H,1,7-9H2,(H2,16,17,18,20). The fourth-order valence-corrected chi connectivity index (χ4v) is 1.50. The number of imide groups is 1. The van der Waals surface area contributed by atoms with Crippen LogP contribution in [0.15, 0.2) is 41.4 Å². The monoisotopic (exact) mass is 370 g/mol. The Labute approximate surface area is 135 Å². The molecule has 3 amide bonds. The second-order valence-electron chi connectivity index (χ2n) is 3.95. The summed E-state index contributed by atoms with van der Waals surface area (Å²) >= 11 is 3.27. The minimum Gasteiger partial charge on any atom is -0.482 e. The molecule has 0 saturated carbocycles. The Morgan fingerprint density at radius 3 is 2.50 bits per heavy atom. The number of benzene rings is 1. The second kappa shape index (κ2) is 9.56. The van der Waals surface area contributed by atoms with E-state index in [-0.39, 0.29) is 13.2 Å². The molecule has 0 saturated heterocycles. The molecular formula is C14H15BrN2O5. The van der Waals surface area contributed by atoms with Gasteiger partial charge in [-0.2, -0.15) is 0 Å². The highest BCUT2D eigenvalue weighted by Gasteiger charge is 2.10. The molecule has 0 bridgehead atoms. The lowest BCUT2D eigenvalue weighted by atomic mass is 10.3. The largest absolute Gasteiger partial charge is 0.482 e. The van der Waals surface area contributed by atoms with Gasteiger partial charge in [-0.1, -0.05) is 22.0 Å². The normalized spacial score (nSPS) is 9.50. The number of rotatable bonds is 7. The molecule has 0 heterocycles. The molecule has 7 nitrogen and oxygen atoms in total. The van der Waals surface area contributed by atoms with Crippen molar-refractivity contribution in [1.82, 2.24) is 10.6 Å². The molecule has 0 radical (unpaired) electrons. The Balaban J connectivity index is 2.22. The number of carbonyl (C=O) groups is 3. The smallest absolute Gasteiger partial charge is 0.344 e. The number of hydrogen-bond donors (Lipinski definition) is 2. The van der Waals surface area contributed by atoms with Crippen LogP contribution >= 0.6 is 15.9 Å². The van der Waals surface area contributed by atoms with Crippen molar-refractivity contribution >= 4 is 33.8 Å². The Bertz CT molecular complexity index is 545. The molecular weight excluding hydrogens is 356 g/mol. The SMILES string of the molecule is C=CCNC(=O)NC(=O)COC(=O)COc1ccc(Br)cc1. The summed E-state index contributed by atoms with van der Waals surface area (Å²) in [6, 6.07) is 6.18. The number of nitrogens with one attached hydrogen (secondary N) is 2. The third-order valence-electron chi connectivity index (χ3n) is 2.19. The van der Waals surface area contributed by atoms with Crippen molar-refractivity contribution in [3.8, 4) is 5.75 Å². The fourth-order valence-electron chi connectivity index (χ4n) is 1.23. The summed E-state index contributed by atoms with van der Waals surface area (Å²) in [4.78, 5) is 33.8. The number of carbonyl (C=O) groups excluding carboxylic acids is 3. The first-order valence-corrected chi connectivity index (χ1v) is 7.03. The van der Waals surface area contributed by atoms with Crippen molar-refractivity contribution in [3.05, 3.63) is 41.4 Å². The van der Waals surface area contributed by atoms with Gasteiger partial charge in [-0.25, -0.2) is 9.59 Å². The lowest BCUT2D eigenvalue weighted by Gasteiger charge is -2.07. The molecule has 8 heteroatoms. The van der Waals surface area contributed by atoms with Gasteiger partial charge in [-0.3, -0.25) is 10.1 Å². The zero-order valence-electron chi connectivity index (χ0n) is 11.6. The first-order valence-electron chi connectivity index (χ1n) is 6.24. The Hall–Kier alpha value is -2.35. The van der Waals surface area contributed by atoms with Crippen LogP contribution in [0, 0.1) is 0 Å². The van der Waals surface area contributed by atoms with E-state index >= 15 is 0 Å². The highest BCUT2D eigenvalue weighted by molar-refractivity contribution is 9.10. The summed E-state index contributed by atoms with van der Waals surface area (Å²) in [6.45, 7) is 2.73. The quantitative estimate of drug-likeness (QED) is 0.558. The van der Waals surface area contributed by atoms with Crippen LogP contribution in [-0.4, -0.2) is 37.7 Å². The third kappa shape index (κ3) is 7.44. The van der Waals surface area contributed by atoms with Gasteiger partial charge in [-0.15, -0.1) is 6.58 Å². The van der Waals surface area contributed by atoms with Crippen LogP contribution in [0.4, 0.5) is 4.79 Å². The maximum absolute atomic E-state index is 11.4. The number of esters is 1. The summed E-state index contributed by atoms with van der Waals surface area (Å²) in [5, 5.41) is 4.33. The van der Waals surface area contributed by atoms with Crippen molar-refractivity contribution in [1.29, 1.82) is 0 Å². The number of halogens is 1. The van der Waals surface area contributed by atoms with E-state index in [2.05, 4.69) is 32.6 Å². The van der Waals surface area contributed by atoms with Gasteiger partial charge in [0.15, 0.2) is 13.2 Å². The van der Waals surface area contributed by atoms with Crippen molar-refractivity contribution in [2.24, 2.45) is 0 Å². The van der Waals surface area contributed by atoms with Gasteiger partial charge in [0.1, 0.15) is 5.75 Å². The predicted octanol–water partition coefficient (Wildman–Crippen LogP) is 1.38. The van der Waals surface area contributed by atoms with Gasteiger partial charge in [-0.05, 0) is 24.3 Å². The molecule has 0 aromatic heterocycles. The van der Waals surface area contributed by atoms with Gasteiger partial charge in [0, 0.05) is 11.0 Å². The summed E-state index contributed by atoms with van der Waals surface area (Å²) in [5.41, 5.74) is 0. The summed E-state index contributed by atoms with van der Waals surface area (Å²) < 4.78 is 10.7. The van der Waals surface area contributed by atoms with Crippen molar-refractivity contribution in [3.63, 3.8) is 0 Å². The molecule has 0 atom stereocenters. The van der Waals surface area contributed by atoms with Crippen LogP contribution in [0.3, 0.4) is 0 Å². The number of urea groups is 1. The average Bonchev–Trinajstić information content (AvgIpc) is 2.50. The van der Waals surface area contributed by atoms with E-state index in [0.717, 1.165) is 4.47 Å². The van der Waals surface area contributed by atoms with E-state index < -0.39 is 24.5 Å². The molecule has 0 fully saturated rings. The number of hydrogen-bond acceptors (Lipinski definition) is 5. The lowest BCUT2D eigenvalue weighted by Crippen LogP contribution is -2.41. The van der Waals surface area contributed by atoms with Crippen LogP contribution < -0.4 is 15.4 Å². The molecule has 0 aliphatic rings. The highest BCUT2D eigenvalue weighted by atomic mass is 79.9. The second-order valence-corrected chi connectivity index (χ2v) is 4.87. The van der Waals surface area contributed by atoms with E-state index in [9.17, 15) is 14.4 Å². The Morgan fingerprint density at radius 2 is 1.86 bits per heavy atom. The molecule has 2 N–H and O–H groups in total. The van der Waals surface area contributed by atoms with E-state index in [4.69, 9.17) is 4.74 Å². The van der Waals surface area contributed by atoms with Crippen molar-refractivity contribution in [2.75, 3.05) is 19.8 Å². The number of ether oxygens (including phenoxy) is 2. The molecule has 118 valence electrons. The minimum absolute atomic E-state index is 0.222. The van der Waals surface area contributed by atoms with Gasteiger partial charge in [0.25, 0.3) is 5.91 Å². The van der Waals surface area contributed by atoms with E-state index in [1.54, 1.807) is 24.3 Å². The Morgan fingerprint density at radius 1 is 1.18 bits per heavy atom. The summed E-state index contributed by atoms with van der Waals surface area (Å²) in [6.07, 6.45) is 1.46. The van der Waals surface area contributed by atoms with Crippen molar-refractivity contribution in [2.45, 2.75) is 0 Å². The molecule has 22 heavy (non-hydrogen) atoms. The molecule has 1 aromatic rings. The van der Waals surface area contributed by atoms with Crippen LogP contribution in [0.25, 0.3) is 0 Å². The molecule has 0 spiro atoms. The van der Waals surface area contributed by atoms with Gasteiger partial charge < -0.3 is 14.8 Å². The highest BCUT2D eigenvalue weighted by Crippen LogP contribution is 2.15. The fraction of sp³-hybridized carbons (Fsp3) is 0.214. The number of amides is 3. The average molecular weight is 371 g/mol. The van der Waals surface area contributed by atoms with E-state index in [1.165, 1.54) is 6.08 Å². The molecule has 1 aromatic carbocycles. The summed E-state index contributed by atoms with van der Waals surface area (Å²) in [7, 11) is 0. The van der Waals surface area contributed by atoms with Gasteiger partial charge in [0.2, 0.25) is 0 Å². The van der Waals surface area contributed by atoms with Crippen LogP contribution in [-0.2, 0) is 14.3 Å². The van der Waals surface area contributed by atoms with Crippen LogP contribution in [0.1, 0.15) is 0 Å². The minimum atomic E-state index is -0.737. The third-order valence-corrected chi connectivity index (χ3v) is 2.72. The topological polar surface area (TPSA) is 93.7 Å². The molecule has 0 aliphatic heterocycles. The van der Waals surface area contributed by atoms with E-state index in [0.29, 0.717) is 5.75 Å². The van der Waals surface area contributed by atoms with Gasteiger partial charge in [0.05, 0.1) is 0 Å². The maximum atomic E-state index is 11.4. The maximum Gasteiger partial charge on any atom is 0.344 e. The lowest BCUT2D eigenvalue weighted by molar-refractivity contribution is -0.150.